The molecular formula is C13H11Br2NO2. The number of nitrogens with one attached hydrogen (secondary N) is 1. The first-order valence-corrected chi connectivity index (χ1v) is 6.85. The number of aromatic hydroxyl groups is 2. The van der Waals surface area contributed by atoms with E-state index in [9.17, 15) is 10.2 Å². The fraction of sp³-hybridized carbons (Fsp3) is 0.0769. The molecule has 3 N–H and O–H groups in total. The van der Waals surface area contributed by atoms with Crippen LogP contribution in [0.25, 0.3) is 0 Å². The molecule has 0 fully saturated rings. The summed E-state index contributed by atoms with van der Waals surface area (Å²) in [5.41, 5.74) is 1.64. The summed E-state index contributed by atoms with van der Waals surface area (Å²) in [7, 11) is 0. The van der Waals surface area contributed by atoms with E-state index in [4.69, 9.17) is 0 Å². The van der Waals surface area contributed by atoms with E-state index in [-0.39, 0.29) is 11.5 Å². The lowest BCUT2D eigenvalue weighted by Crippen LogP contribution is -2.01. The molecular weight excluding hydrogens is 362 g/mol. The van der Waals surface area contributed by atoms with Crippen LogP contribution in [0, 0.1) is 0 Å². The van der Waals surface area contributed by atoms with Gasteiger partial charge in [-0.05, 0) is 56.1 Å². The number of para-hydroxylation sites is 1. The molecule has 0 atom stereocenters. The Labute approximate surface area is 122 Å². The fourth-order valence-corrected chi connectivity index (χ4v) is 2.83. The van der Waals surface area contributed by atoms with Crippen LogP contribution in [0.4, 0.5) is 5.69 Å². The van der Waals surface area contributed by atoms with E-state index in [1.165, 1.54) is 6.07 Å². The van der Waals surface area contributed by atoms with Crippen LogP contribution in [0.5, 0.6) is 11.5 Å². The van der Waals surface area contributed by atoms with Gasteiger partial charge in [-0.15, -0.1) is 0 Å². The van der Waals surface area contributed by atoms with Gasteiger partial charge in [0.1, 0.15) is 11.5 Å². The summed E-state index contributed by atoms with van der Waals surface area (Å²) < 4.78 is 1.88. The van der Waals surface area contributed by atoms with Crippen molar-refractivity contribution in [1.29, 1.82) is 0 Å². The predicted molar refractivity (Wildman–Crippen MR) is 78.9 cm³/mol. The maximum Gasteiger partial charge on any atom is 0.124 e. The van der Waals surface area contributed by atoms with Gasteiger partial charge in [-0.25, -0.2) is 0 Å². The highest BCUT2D eigenvalue weighted by Gasteiger charge is 2.06. The first kappa shape index (κ1) is 13.2. The number of hydrogen-bond donors (Lipinski definition) is 3. The van der Waals surface area contributed by atoms with E-state index in [0.29, 0.717) is 6.54 Å². The van der Waals surface area contributed by atoms with Crippen molar-refractivity contribution in [3.05, 3.63) is 50.9 Å². The van der Waals surface area contributed by atoms with Gasteiger partial charge < -0.3 is 15.5 Å². The van der Waals surface area contributed by atoms with Crippen LogP contribution < -0.4 is 5.32 Å². The third-order valence-corrected chi connectivity index (χ3v) is 3.81. The lowest BCUT2D eigenvalue weighted by molar-refractivity contribution is 0.446. The number of phenolic OH excluding ortho intramolecular Hbond substituents is 2. The molecule has 0 unspecified atom stereocenters. The average Bonchev–Trinajstić information content (AvgIpc) is 2.31. The van der Waals surface area contributed by atoms with E-state index in [2.05, 4.69) is 37.2 Å². The largest absolute Gasteiger partial charge is 0.508 e. The predicted octanol–water partition coefficient (Wildman–Crippen LogP) is 4.23. The molecule has 0 saturated carbocycles. The minimum absolute atomic E-state index is 0.0540. The summed E-state index contributed by atoms with van der Waals surface area (Å²) in [4.78, 5) is 0. The molecule has 18 heavy (non-hydrogen) atoms. The van der Waals surface area contributed by atoms with Crippen LogP contribution in [0.1, 0.15) is 5.56 Å². The van der Waals surface area contributed by atoms with E-state index in [1.807, 2.05) is 18.2 Å². The summed E-state index contributed by atoms with van der Waals surface area (Å²) in [5.74, 6) is 0.129. The first-order chi connectivity index (χ1) is 8.58. The summed E-state index contributed by atoms with van der Waals surface area (Å²) in [6, 6.07) is 10.4. The number of rotatable bonds is 3. The zero-order chi connectivity index (χ0) is 13.1. The Hall–Kier alpha value is -1.20. The first-order valence-electron chi connectivity index (χ1n) is 5.26. The van der Waals surface area contributed by atoms with Gasteiger partial charge in [0.05, 0.1) is 5.69 Å². The monoisotopic (exact) mass is 371 g/mol. The molecule has 0 amide bonds. The SMILES string of the molecule is Oc1ccc(CNc2c(Br)cccc2Br)c(O)c1. The maximum atomic E-state index is 9.68. The molecule has 0 saturated heterocycles. The Kier molecular flexibility index (Phi) is 4.14. The minimum Gasteiger partial charge on any atom is -0.508 e. The van der Waals surface area contributed by atoms with Gasteiger partial charge in [0.15, 0.2) is 0 Å². The molecule has 0 aliphatic carbocycles. The molecule has 3 nitrogen and oxygen atoms in total. The summed E-state index contributed by atoms with van der Waals surface area (Å²) >= 11 is 6.91. The Bertz CT molecular complexity index is 553. The Balaban J connectivity index is 2.16. The van der Waals surface area contributed by atoms with Gasteiger partial charge in [-0.2, -0.15) is 0 Å². The average molecular weight is 373 g/mol. The lowest BCUT2D eigenvalue weighted by atomic mass is 10.2. The Morgan fingerprint density at radius 2 is 1.67 bits per heavy atom. The number of anilines is 1. The highest BCUT2D eigenvalue weighted by atomic mass is 79.9. The topological polar surface area (TPSA) is 52.5 Å². The number of hydrogen-bond acceptors (Lipinski definition) is 3. The molecule has 0 aliphatic heterocycles. The summed E-state index contributed by atoms with van der Waals surface area (Å²) in [6.45, 7) is 0.466. The van der Waals surface area contributed by atoms with Crippen LogP contribution >= 0.6 is 31.9 Å². The third kappa shape index (κ3) is 2.97. The van der Waals surface area contributed by atoms with E-state index in [1.54, 1.807) is 12.1 Å². The van der Waals surface area contributed by atoms with Crippen LogP contribution in [0.3, 0.4) is 0 Å². The molecule has 2 aromatic carbocycles. The molecule has 0 aliphatic rings. The minimum atomic E-state index is 0.0540. The van der Waals surface area contributed by atoms with Gasteiger partial charge >= 0.3 is 0 Å². The lowest BCUT2D eigenvalue weighted by Gasteiger charge is -2.11. The Morgan fingerprint density at radius 3 is 2.28 bits per heavy atom. The van der Waals surface area contributed by atoms with E-state index < -0.39 is 0 Å². The molecule has 5 heteroatoms. The summed E-state index contributed by atoms with van der Waals surface area (Å²) in [6.07, 6.45) is 0. The highest BCUT2D eigenvalue weighted by Crippen LogP contribution is 2.31. The van der Waals surface area contributed by atoms with Crippen LogP contribution in [-0.4, -0.2) is 10.2 Å². The second-order valence-electron chi connectivity index (χ2n) is 3.76. The van der Waals surface area contributed by atoms with Gasteiger partial charge in [-0.1, -0.05) is 6.07 Å². The van der Waals surface area contributed by atoms with Gasteiger partial charge in [0, 0.05) is 27.1 Å². The van der Waals surface area contributed by atoms with E-state index in [0.717, 1.165) is 20.2 Å². The molecule has 0 radical (unpaired) electrons. The molecule has 2 aromatic rings. The molecule has 0 aromatic heterocycles. The number of phenols is 2. The zero-order valence-corrected chi connectivity index (χ0v) is 12.5. The standard InChI is InChI=1S/C13H11Br2NO2/c14-10-2-1-3-11(15)13(10)16-7-8-4-5-9(17)6-12(8)18/h1-6,16-18H,7H2. The molecule has 0 spiro atoms. The third-order valence-electron chi connectivity index (χ3n) is 2.49. The maximum absolute atomic E-state index is 9.68. The normalized spacial score (nSPS) is 10.3. The smallest absolute Gasteiger partial charge is 0.124 e. The van der Waals surface area contributed by atoms with Crippen molar-refractivity contribution < 1.29 is 10.2 Å². The van der Waals surface area contributed by atoms with Crippen LogP contribution in [0.15, 0.2) is 45.3 Å². The van der Waals surface area contributed by atoms with Crippen molar-refractivity contribution in [3.8, 4) is 11.5 Å². The van der Waals surface area contributed by atoms with Crippen molar-refractivity contribution in [1.82, 2.24) is 0 Å². The van der Waals surface area contributed by atoms with Crippen molar-refractivity contribution in [3.63, 3.8) is 0 Å². The summed E-state index contributed by atoms with van der Waals surface area (Å²) in [5, 5.41) is 22.1. The van der Waals surface area contributed by atoms with Gasteiger partial charge in [0.2, 0.25) is 0 Å². The van der Waals surface area contributed by atoms with Gasteiger partial charge in [-0.3, -0.25) is 0 Å². The van der Waals surface area contributed by atoms with Crippen LogP contribution in [0.2, 0.25) is 0 Å². The van der Waals surface area contributed by atoms with Crippen molar-refractivity contribution in [2.24, 2.45) is 0 Å². The van der Waals surface area contributed by atoms with Crippen molar-refractivity contribution in [2.75, 3.05) is 5.32 Å². The van der Waals surface area contributed by atoms with Crippen LogP contribution in [-0.2, 0) is 6.54 Å². The number of benzene rings is 2. The molecule has 2 rings (SSSR count). The Morgan fingerprint density at radius 1 is 1.00 bits per heavy atom. The molecule has 94 valence electrons. The molecule has 0 bridgehead atoms. The number of halogens is 2. The molecule has 0 heterocycles. The quantitative estimate of drug-likeness (QED) is 0.755. The van der Waals surface area contributed by atoms with E-state index >= 15 is 0 Å². The zero-order valence-electron chi connectivity index (χ0n) is 9.32. The second kappa shape index (κ2) is 5.63. The van der Waals surface area contributed by atoms with Crippen molar-refractivity contribution in [2.45, 2.75) is 6.54 Å². The van der Waals surface area contributed by atoms with Crippen molar-refractivity contribution >= 4 is 37.5 Å². The highest BCUT2D eigenvalue weighted by molar-refractivity contribution is 9.11. The van der Waals surface area contributed by atoms with Gasteiger partial charge in [0.25, 0.3) is 0 Å². The second-order valence-corrected chi connectivity index (χ2v) is 5.47. The fourth-order valence-electron chi connectivity index (χ4n) is 1.55.